The molecule has 2 nitrogen and oxygen atoms in total. The number of unbranched alkanes of at least 4 members (excludes halogenated alkanes) is 3. The Morgan fingerprint density at radius 3 is 2.15 bits per heavy atom. The largest absolute Gasteiger partial charge is 0.330 e. The third-order valence-electron chi connectivity index (χ3n) is 1.96. The zero-order valence-electron chi connectivity index (χ0n) is 9.53. The Morgan fingerprint density at radius 2 is 1.62 bits per heavy atom. The highest BCUT2D eigenvalue weighted by Crippen LogP contribution is 2.10. The van der Waals surface area contributed by atoms with Crippen LogP contribution in [0.2, 0.25) is 0 Å². The number of hydrogen-bond acceptors (Lipinski definition) is 2. The maximum Gasteiger partial charge on any atom is -0.0000126 e. The molecular formula is C11H26N2. The molecule has 0 amide bonds. The fraction of sp³-hybridized carbons (Fsp3) is 1.00. The van der Waals surface area contributed by atoms with Crippen LogP contribution in [0.4, 0.5) is 0 Å². The average Bonchev–Trinajstić information content (AvgIpc) is 2.01. The van der Waals surface area contributed by atoms with Gasteiger partial charge in [-0.2, -0.15) is 0 Å². The molecule has 0 aromatic carbocycles. The second-order valence-corrected chi connectivity index (χ2v) is 4.94. The Balaban J connectivity index is 3.00. The molecule has 0 radical (unpaired) electrons. The van der Waals surface area contributed by atoms with E-state index in [1.54, 1.807) is 0 Å². The predicted molar refractivity (Wildman–Crippen MR) is 59.8 cm³/mol. The van der Waals surface area contributed by atoms with Crippen molar-refractivity contribution in [2.75, 3.05) is 19.6 Å². The maximum absolute atomic E-state index is 5.41. The highest BCUT2D eigenvalue weighted by atomic mass is 14.9. The zero-order chi connectivity index (χ0) is 10.2. The lowest BCUT2D eigenvalue weighted by Crippen LogP contribution is -2.27. The van der Waals surface area contributed by atoms with E-state index in [0.717, 1.165) is 19.6 Å². The molecule has 0 aliphatic heterocycles. The Labute approximate surface area is 83.3 Å². The summed E-state index contributed by atoms with van der Waals surface area (Å²) in [5.74, 6) is 0. The van der Waals surface area contributed by atoms with E-state index in [1.165, 1.54) is 25.7 Å². The molecule has 0 unspecified atom stereocenters. The van der Waals surface area contributed by atoms with Crippen LogP contribution in [0.3, 0.4) is 0 Å². The van der Waals surface area contributed by atoms with E-state index >= 15 is 0 Å². The molecule has 0 atom stereocenters. The first-order valence-electron chi connectivity index (χ1n) is 5.47. The Morgan fingerprint density at radius 1 is 1.00 bits per heavy atom. The molecule has 13 heavy (non-hydrogen) atoms. The minimum absolute atomic E-state index is 0.414. The third kappa shape index (κ3) is 11.9. The summed E-state index contributed by atoms with van der Waals surface area (Å²) in [6, 6.07) is 0. The highest BCUT2D eigenvalue weighted by molar-refractivity contribution is 4.64. The van der Waals surface area contributed by atoms with Crippen molar-refractivity contribution in [3.63, 3.8) is 0 Å². The number of nitrogens with two attached hydrogens (primary N) is 1. The fourth-order valence-corrected chi connectivity index (χ4v) is 1.21. The summed E-state index contributed by atoms with van der Waals surface area (Å²) < 4.78 is 0. The molecule has 0 saturated carbocycles. The number of hydrogen-bond donors (Lipinski definition) is 2. The minimum atomic E-state index is 0.414. The third-order valence-corrected chi connectivity index (χ3v) is 1.96. The van der Waals surface area contributed by atoms with Crippen molar-refractivity contribution >= 4 is 0 Å². The molecule has 0 aromatic rings. The summed E-state index contributed by atoms with van der Waals surface area (Å²) in [6.07, 6.45) is 5.07. The molecule has 0 aliphatic carbocycles. The van der Waals surface area contributed by atoms with Crippen molar-refractivity contribution in [2.24, 2.45) is 11.1 Å². The lowest BCUT2D eigenvalue weighted by atomic mass is 9.97. The molecule has 0 spiro atoms. The van der Waals surface area contributed by atoms with Gasteiger partial charge in [-0.05, 0) is 37.9 Å². The van der Waals surface area contributed by atoms with E-state index in [2.05, 4.69) is 26.1 Å². The number of rotatable bonds is 7. The van der Waals surface area contributed by atoms with Crippen LogP contribution in [0.15, 0.2) is 0 Å². The van der Waals surface area contributed by atoms with E-state index in [4.69, 9.17) is 5.73 Å². The van der Waals surface area contributed by atoms with Gasteiger partial charge in [0.05, 0.1) is 0 Å². The second-order valence-electron chi connectivity index (χ2n) is 4.94. The zero-order valence-corrected chi connectivity index (χ0v) is 9.53. The van der Waals surface area contributed by atoms with Crippen LogP contribution in [-0.2, 0) is 0 Å². The quantitative estimate of drug-likeness (QED) is 0.598. The summed E-state index contributed by atoms with van der Waals surface area (Å²) in [5.41, 5.74) is 5.82. The second kappa shape index (κ2) is 7.34. The van der Waals surface area contributed by atoms with Crippen molar-refractivity contribution in [3.8, 4) is 0 Å². The van der Waals surface area contributed by atoms with Gasteiger partial charge in [0, 0.05) is 0 Å². The molecule has 0 fully saturated rings. The van der Waals surface area contributed by atoms with Crippen LogP contribution in [0.1, 0.15) is 46.5 Å². The monoisotopic (exact) mass is 186 g/mol. The number of nitrogens with one attached hydrogen (secondary N) is 1. The first kappa shape index (κ1) is 12.9. The molecule has 0 heterocycles. The van der Waals surface area contributed by atoms with Crippen LogP contribution in [0, 0.1) is 5.41 Å². The Bertz CT molecular complexity index is 105. The van der Waals surface area contributed by atoms with Gasteiger partial charge in [-0.15, -0.1) is 0 Å². The van der Waals surface area contributed by atoms with Gasteiger partial charge in [0.1, 0.15) is 0 Å². The topological polar surface area (TPSA) is 38.0 Å². The van der Waals surface area contributed by atoms with E-state index in [0.29, 0.717) is 5.41 Å². The van der Waals surface area contributed by atoms with Crippen molar-refractivity contribution < 1.29 is 0 Å². The predicted octanol–water partition coefficient (Wildman–Crippen LogP) is 2.14. The maximum atomic E-state index is 5.41. The van der Waals surface area contributed by atoms with E-state index < -0.39 is 0 Å². The molecular weight excluding hydrogens is 160 g/mol. The van der Waals surface area contributed by atoms with Gasteiger partial charge in [-0.25, -0.2) is 0 Å². The van der Waals surface area contributed by atoms with Gasteiger partial charge in [-0.3, -0.25) is 0 Å². The van der Waals surface area contributed by atoms with Gasteiger partial charge >= 0.3 is 0 Å². The van der Waals surface area contributed by atoms with Gasteiger partial charge in [0.25, 0.3) is 0 Å². The Hall–Kier alpha value is -0.0800. The summed E-state index contributed by atoms with van der Waals surface area (Å²) in [4.78, 5) is 0. The van der Waals surface area contributed by atoms with Crippen LogP contribution < -0.4 is 11.1 Å². The van der Waals surface area contributed by atoms with Crippen molar-refractivity contribution in [1.29, 1.82) is 0 Å². The molecule has 0 aromatic heterocycles. The molecule has 80 valence electrons. The fourth-order valence-electron chi connectivity index (χ4n) is 1.21. The SMILES string of the molecule is CC(C)(C)CNCCCCCCN. The van der Waals surface area contributed by atoms with Crippen molar-refractivity contribution in [2.45, 2.75) is 46.5 Å². The first-order valence-corrected chi connectivity index (χ1v) is 5.47. The lowest BCUT2D eigenvalue weighted by Gasteiger charge is -2.18. The van der Waals surface area contributed by atoms with Gasteiger partial charge < -0.3 is 11.1 Å². The van der Waals surface area contributed by atoms with E-state index in [9.17, 15) is 0 Å². The van der Waals surface area contributed by atoms with Gasteiger partial charge in [0.15, 0.2) is 0 Å². The lowest BCUT2D eigenvalue weighted by molar-refractivity contribution is 0.377. The van der Waals surface area contributed by atoms with E-state index in [1.807, 2.05) is 0 Å². The van der Waals surface area contributed by atoms with Gasteiger partial charge in [-0.1, -0.05) is 33.6 Å². The smallest absolute Gasteiger partial charge is 0.0000126 e. The van der Waals surface area contributed by atoms with Crippen molar-refractivity contribution in [3.05, 3.63) is 0 Å². The summed E-state index contributed by atoms with van der Waals surface area (Å²) in [7, 11) is 0. The molecule has 3 N–H and O–H groups in total. The van der Waals surface area contributed by atoms with Gasteiger partial charge in [0.2, 0.25) is 0 Å². The molecule has 0 saturated heterocycles. The van der Waals surface area contributed by atoms with E-state index in [-0.39, 0.29) is 0 Å². The standard InChI is InChI=1S/C11H26N2/c1-11(2,3)10-13-9-7-5-4-6-8-12/h13H,4-10,12H2,1-3H3. The first-order chi connectivity index (χ1) is 6.06. The summed E-state index contributed by atoms with van der Waals surface area (Å²) in [6.45, 7) is 9.89. The average molecular weight is 186 g/mol. The minimum Gasteiger partial charge on any atom is -0.330 e. The normalized spacial score (nSPS) is 12.0. The molecule has 0 rings (SSSR count). The highest BCUT2D eigenvalue weighted by Gasteiger charge is 2.07. The Kier molecular flexibility index (Phi) is 7.29. The molecule has 0 bridgehead atoms. The van der Waals surface area contributed by atoms with Crippen LogP contribution >= 0.6 is 0 Å². The van der Waals surface area contributed by atoms with Crippen LogP contribution in [0.25, 0.3) is 0 Å². The van der Waals surface area contributed by atoms with Crippen LogP contribution in [-0.4, -0.2) is 19.6 Å². The summed E-state index contributed by atoms with van der Waals surface area (Å²) in [5, 5.41) is 3.47. The molecule has 2 heteroatoms. The summed E-state index contributed by atoms with van der Waals surface area (Å²) >= 11 is 0. The van der Waals surface area contributed by atoms with Crippen molar-refractivity contribution in [1.82, 2.24) is 5.32 Å². The molecule has 0 aliphatic rings. The van der Waals surface area contributed by atoms with Crippen LogP contribution in [0.5, 0.6) is 0 Å².